The van der Waals surface area contributed by atoms with Crippen LogP contribution in [0.4, 0.5) is 0 Å². The highest BCUT2D eigenvalue weighted by molar-refractivity contribution is 5.80. The third kappa shape index (κ3) is 1.15. The first-order valence-corrected chi connectivity index (χ1v) is 5.16. The quantitative estimate of drug-likeness (QED) is 0.742. The van der Waals surface area contributed by atoms with E-state index in [9.17, 15) is 0 Å². The van der Waals surface area contributed by atoms with Gasteiger partial charge in [-0.3, -0.25) is 0 Å². The lowest BCUT2D eigenvalue weighted by Gasteiger charge is -1.92. The number of nitrogens with two attached hydrogens (primary N) is 1. The molecule has 14 heavy (non-hydrogen) atoms. The number of benzene rings is 1. The third-order valence-electron chi connectivity index (χ3n) is 3.18. The molecule has 2 atom stereocenters. The molecule has 0 aliphatic heterocycles. The number of H-pyrrole nitrogens is 1. The van der Waals surface area contributed by atoms with Crippen LogP contribution in [-0.4, -0.2) is 11.5 Å². The van der Waals surface area contributed by atoms with E-state index >= 15 is 0 Å². The predicted octanol–water partition coefficient (Wildman–Crippen LogP) is 2.23. The number of aromatic nitrogens is 1. The highest BCUT2D eigenvalue weighted by Gasteiger charge is 2.37. The Hall–Kier alpha value is -1.28. The maximum Gasteiger partial charge on any atom is 0.0456 e. The minimum atomic E-state index is 0.687. The van der Waals surface area contributed by atoms with Gasteiger partial charge < -0.3 is 10.7 Å². The first-order chi connectivity index (χ1) is 6.88. The zero-order valence-corrected chi connectivity index (χ0v) is 8.03. The Labute approximate surface area is 83.1 Å². The van der Waals surface area contributed by atoms with E-state index < -0.39 is 0 Å². The molecular weight excluding hydrogens is 172 g/mol. The number of hydrogen-bond acceptors (Lipinski definition) is 1. The van der Waals surface area contributed by atoms with Gasteiger partial charge in [-0.05, 0) is 36.4 Å². The number of para-hydroxylation sites is 1. The molecule has 0 radical (unpaired) electrons. The first-order valence-electron chi connectivity index (χ1n) is 5.16. The average molecular weight is 186 g/mol. The third-order valence-corrected chi connectivity index (χ3v) is 3.18. The zero-order valence-electron chi connectivity index (χ0n) is 8.03. The molecule has 2 heteroatoms. The van der Waals surface area contributed by atoms with Crippen molar-refractivity contribution in [3.63, 3.8) is 0 Å². The number of fused-ring (bicyclic) bond motifs is 1. The molecule has 0 saturated heterocycles. The van der Waals surface area contributed by atoms with Crippen LogP contribution in [0.5, 0.6) is 0 Å². The molecule has 0 amide bonds. The summed E-state index contributed by atoms with van der Waals surface area (Å²) in [6, 6.07) is 10.7. The summed E-state index contributed by atoms with van der Waals surface area (Å²) in [5, 5.41) is 1.31. The summed E-state index contributed by atoms with van der Waals surface area (Å²) in [5.74, 6) is 1.40. The van der Waals surface area contributed by atoms with Crippen molar-refractivity contribution < 1.29 is 0 Å². The molecule has 1 saturated carbocycles. The second-order valence-corrected chi connectivity index (χ2v) is 4.15. The molecule has 1 aromatic carbocycles. The highest BCUT2D eigenvalue weighted by atomic mass is 14.8. The number of rotatable bonds is 2. The van der Waals surface area contributed by atoms with Crippen LogP contribution in [0.1, 0.15) is 18.0 Å². The fraction of sp³-hybridized carbons (Fsp3) is 0.333. The Bertz CT molecular complexity index is 425. The van der Waals surface area contributed by atoms with Gasteiger partial charge in [-0.2, -0.15) is 0 Å². The number of hydrogen-bond donors (Lipinski definition) is 2. The summed E-state index contributed by atoms with van der Waals surface area (Å²) in [7, 11) is 0. The lowest BCUT2D eigenvalue weighted by molar-refractivity contribution is 0.801. The van der Waals surface area contributed by atoms with Crippen LogP contribution >= 0.6 is 0 Å². The summed E-state index contributed by atoms with van der Waals surface area (Å²) >= 11 is 0. The molecule has 1 aliphatic carbocycles. The average Bonchev–Trinajstić information content (AvgIpc) is 2.89. The van der Waals surface area contributed by atoms with Crippen molar-refractivity contribution in [1.82, 2.24) is 4.98 Å². The first kappa shape index (κ1) is 8.06. The van der Waals surface area contributed by atoms with Gasteiger partial charge >= 0.3 is 0 Å². The monoisotopic (exact) mass is 186 g/mol. The van der Waals surface area contributed by atoms with Gasteiger partial charge in [0.2, 0.25) is 0 Å². The molecule has 2 nitrogen and oxygen atoms in total. The maximum atomic E-state index is 5.64. The minimum Gasteiger partial charge on any atom is -0.358 e. The fourth-order valence-corrected chi connectivity index (χ4v) is 2.18. The van der Waals surface area contributed by atoms with Crippen LogP contribution in [0.25, 0.3) is 10.9 Å². The second kappa shape index (κ2) is 2.85. The van der Waals surface area contributed by atoms with E-state index in [1.165, 1.54) is 23.0 Å². The lowest BCUT2D eigenvalue weighted by atomic mass is 10.2. The van der Waals surface area contributed by atoms with Gasteiger partial charge in [0.25, 0.3) is 0 Å². The van der Waals surface area contributed by atoms with E-state index in [0.717, 1.165) is 6.54 Å². The Kier molecular flexibility index (Phi) is 1.64. The van der Waals surface area contributed by atoms with Crippen molar-refractivity contribution in [2.45, 2.75) is 12.3 Å². The van der Waals surface area contributed by atoms with Gasteiger partial charge in [-0.15, -0.1) is 0 Å². The van der Waals surface area contributed by atoms with E-state index in [-0.39, 0.29) is 0 Å². The molecular formula is C12H14N2. The molecule has 0 spiro atoms. The van der Waals surface area contributed by atoms with E-state index in [1.807, 2.05) is 0 Å². The van der Waals surface area contributed by atoms with Gasteiger partial charge in [0.05, 0.1) is 0 Å². The van der Waals surface area contributed by atoms with Crippen LogP contribution in [0.15, 0.2) is 30.3 Å². The summed E-state index contributed by atoms with van der Waals surface area (Å²) in [6.45, 7) is 0.819. The number of nitrogens with one attached hydrogen (secondary N) is 1. The molecule has 1 heterocycles. The molecule has 2 aromatic rings. The van der Waals surface area contributed by atoms with Gasteiger partial charge in [-0.25, -0.2) is 0 Å². The topological polar surface area (TPSA) is 41.8 Å². The fourth-order valence-electron chi connectivity index (χ4n) is 2.18. The van der Waals surface area contributed by atoms with Crippen molar-refractivity contribution in [1.29, 1.82) is 0 Å². The van der Waals surface area contributed by atoms with Crippen molar-refractivity contribution in [3.05, 3.63) is 36.0 Å². The van der Waals surface area contributed by atoms with Crippen molar-refractivity contribution in [2.24, 2.45) is 11.7 Å². The Morgan fingerprint density at radius 3 is 2.93 bits per heavy atom. The molecule has 3 rings (SSSR count). The van der Waals surface area contributed by atoms with Crippen LogP contribution in [0, 0.1) is 5.92 Å². The smallest absolute Gasteiger partial charge is 0.0456 e. The summed E-state index contributed by atoms with van der Waals surface area (Å²) < 4.78 is 0. The molecule has 1 fully saturated rings. The van der Waals surface area contributed by atoms with Crippen LogP contribution in [0.3, 0.4) is 0 Å². The number of aromatic amines is 1. The standard InChI is InChI=1S/C12H14N2/c13-7-9-5-10(9)12-6-8-3-1-2-4-11(8)14-12/h1-4,6,9-10,14H,5,7,13H2. The summed E-state index contributed by atoms with van der Waals surface area (Å²) in [4.78, 5) is 3.47. The van der Waals surface area contributed by atoms with E-state index in [4.69, 9.17) is 5.73 Å². The van der Waals surface area contributed by atoms with E-state index in [1.54, 1.807) is 0 Å². The normalized spacial score (nSPS) is 25.5. The molecule has 1 aliphatic rings. The van der Waals surface area contributed by atoms with E-state index in [2.05, 4.69) is 35.3 Å². The molecule has 72 valence electrons. The molecule has 3 N–H and O–H groups in total. The molecule has 2 unspecified atom stereocenters. The van der Waals surface area contributed by atoms with Crippen molar-refractivity contribution in [2.75, 3.05) is 6.54 Å². The largest absolute Gasteiger partial charge is 0.358 e. The van der Waals surface area contributed by atoms with Crippen LogP contribution < -0.4 is 5.73 Å². The van der Waals surface area contributed by atoms with Gasteiger partial charge in [0.15, 0.2) is 0 Å². The van der Waals surface area contributed by atoms with Gasteiger partial charge in [0, 0.05) is 17.1 Å². The second-order valence-electron chi connectivity index (χ2n) is 4.15. The Morgan fingerprint density at radius 1 is 1.36 bits per heavy atom. The van der Waals surface area contributed by atoms with Crippen LogP contribution in [0.2, 0.25) is 0 Å². The summed E-state index contributed by atoms with van der Waals surface area (Å²) in [5.41, 5.74) is 8.25. The molecule has 0 bridgehead atoms. The lowest BCUT2D eigenvalue weighted by Crippen LogP contribution is -2.01. The Morgan fingerprint density at radius 2 is 2.21 bits per heavy atom. The predicted molar refractivity (Wildman–Crippen MR) is 58.2 cm³/mol. The van der Waals surface area contributed by atoms with Crippen LogP contribution in [-0.2, 0) is 0 Å². The summed E-state index contributed by atoms with van der Waals surface area (Å²) in [6.07, 6.45) is 1.25. The SMILES string of the molecule is NCC1CC1c1cc2ccccc2[nH]1. The van der Waals surface area contributed by atoms with Gasteiger partial charge in [-0.1, -0.05) is 18.2 Å². The minimum absolute atomic E-state index is 0.687. The molecule has 1 aromatic heterocycles. The van der Waals surface area contributed by atoms with E-state index in [0.29, 0.717) is 11.8 Å². The maximum absolute atomic E-state index is 5.64. The van der Waals surface area contributed by atoms with Gasteiger partial charge in [0.1, 0.15) is 0 Å². The highest BCUT2D eigenvalue weighted by Crippen LogP contribution is 2.46. The zero-order chi connectivity index (χ0) is 9.54. The van der Waals surface area contributed by atoms with Crippen molar-refractivity contribution in [3.8, 4) is 0 Å². The van der Waals surface area contributed by atoms with Crippen molar-refractivity contribution >= 4 is 10.9 Å². The Balaban J connectivity index is 1.99.